The van der Waals surface area contributed by atoms with Crippen LogP contribution >= 0.6 is 0 Å². The van der Waals surface area contributed by atoms with Crippen molar-refractivity contribution in [2.75, 3.05) is 6.54 Å². The third-order valence-corrected chi connectivity index (χ3v) is 4.07. The van der Waals surface area contributed by atoms with Crippen LogP contribution in [0.25, 0.3) is 0 Å². The van der Waals surface area contributed by atoms with E-state index in [0.717, 1.165) is 19.4 Å². The molecule has 116 valence electrons. The van der Waals surface area contributed by atoms with Crippen molar-refractivity contribution in [3.05, 3.63) is 35.9 Å². The largest absolute Gasteiger partial charge is 0.444 e. The molecule has 0 aliphatic carbocycles. The van der Waals surface area contributed by atoms with Gasteiger partial charge in [0, 0.05) is 6.54 Å². The zero-order valence-corrected chi connectivity index (χ0v) is 13.6. The second kappa shape index (κ2) is 6.50. The van der Waals surface area contributed by atoms with E-state index in [1.807, 2.05) is 43.9 Å². The normalized spacial score (nSPS) is 23.0. The Bertz CT molecular complexity index is 464. The molecule has 1 saturated heterocycles. The molecule has 21 heavy (non-hydrogen) atoms. The fraction of sp³-hybridized carbons (Fsp3) is 0.611. The number of hydrogen-bond acceptors (Lipinski definition) is 2. The molecule has 0 aromatic heterocycles. The summed E-state index contributed by atoms with van der Waals surface area (Å²) in [4.78, 5) is 14.5. The summed E-state index contributed by atoms with van der Waals surface area (Å²) < 4.78 is 5.61. The fourth-order valence-electron chi connectivity index (χ4n) is 2.92. The maximum absolute atomic E-state index is 12.6. The number of amides is 1. The average molecular weight is 289 g/mol. The highest BCUT2D eigenvalue weighted by Crippen LogP contribution is 2.35. The van der Waals surface area contributed by atoms with Gasteiger partial charge in [0.15, 0.2) is 0 Å². The monoisotopic (exact) mass is 289 g/mol. The van der Waals surface area contributed by atoms with Gasteiger partial charge < -0.3 is 9.64 Å². The smallest absolute Gasteiger partial charge is 0.410 e. The molecule has 0 saturated carbocycles. The zero-order chi connectivity index (χ0) is 15.5. The predicted octanol–water partition coefficient (Wildman–Crippen LogP) is 4.78. The van der Waals surface area contributed by atoms with E-state index >= 15 is 0 Å². The molecule has 1 aliphatic heterocycles. The molecular weight excluding hydrogens is 262 g/mol. The first-order chi connectivity index (χ1) is 9.90. The van der Waals surface area contributed by atoms with Crippen molar-refractivity contribution in [2.45, 2.75) is 58.6 Å². The predicted molar refractivity (Wildman–Crippen MR) is 85.1 cm³/mol. The van der Waals surface area contributed by atoms with Crippen LogP contribution < -0.4 is 0 Å². The lowest BCUT2D eigenvalue weighted by Gasteiger charge is -2.40. The molecule has 0 spiro atoms. The van der Waals surface area contributed by atoms with Gasteiger partial charge in [0.1, 0.15) is 5.60 Å². The van der Waals surface area contributed by atoms with Crippen LogP contribution in [-0.4, -0.2) is 23.1 Å². The summed E-state index contributed by atoms with van der Waals surface area (Å²) in [6.45, 7) is 8.75. The molecule has 3 nitrogen and oxygen atoms in total. The van der Waals surface area contributed by atoms with E-state index in [-0.39, 0.29) is 12.1 Å². The van der Waals surface area contributed by atoms with Gasteiger partial charge in [0.05, 0.1) is 6.04 Å². The number of rotatable bonds is 2. The highest BCUT2D eigenvalue weighted by atomic mass is 16.6. The molecule has 2 unspecified atom stereocenters. The zero-order valence-electron chi connectivity index (χ0n) is 13.6. The van der Waals surface area contributed by atoms with Crippen molar-refractivity contribution in [3.63, 3.8) is 0 Å². The van der Waals surface area contributed by atoms with Crippen LogP contribution in [0.3, 0.4) is 0 Å². The Morgan fingerprint density at radius 2 is 1.90 bits per heavy atom. The van der Waals surface area contributed by atoms with Gasteiger partial charge in [-0.25, -0.2) is 4.79 Å². The molecule has 1 aromatic rings. The highest BCUT2D eigenvalue weighted by Gasteiger charge is 2.34. The number of nitrogens with zero attached hydrogens (tertiary/aromatic N) is 1. The molecule has 3 heteroatoms. The maximum atomic E-state index is 12.6. The molecule has 1 aliphatic rings. The van der Waals surface area contributed by atoms with Crippen molar-refractivity contribution < 1.29 is 9.53 Å². The molecule has 0 N–H and O–H groups in total. The van der Waals surface area contributed by atoms with Gasteiger partial charge >= 0.3 is 6.09 Å². The number of ether oxygens (including phenoxy) is 1. The van der Waals surface area contributed by atoms with Gasteiger partial charge in [-0.3, -0.25) is 0 Å². The van der Waals surface area contributed by atoms with Crippen LogP contribution in [0.5, 0.6) is 0 Å². The molecule has 1 aromatic carbocycles. The van der Waals surface area contributed by atoms with Crippen LogP contribution in [0.2, 0.25) is 0 Å². The lowest BCUT2D eigenvalue weighted by atomic mass is 9.88. The number of hydrogen-bond donors (Lipinski definition) is 0. The van der Waals surface area contributed by atoms with Gasteiger partial charge in [-0.05, 0) is 45.1 Å². The van der Waals surface area contributed by atoms with Gasteiger partial charge in [-0.1, -0.05) is 43.7 Å². The van der Waals surface area contributed by atoms with Gasteiger partial charge in [0.25, 0.3) is 0 Å². The first-order valence-electron chi connectivity index (χ1n) is 7.95. The first kappa shape index (κ1) is 15.9. The summed E-state index contributed by atoms with van der Waals surface area (Å²) in [6.07, 6.45) is 3.12. The van der Waals surface area contributed by atoms with Crippen LogP contribution in [0, 0.1) is 5.92 Å². The minimum absolute atomic E-state index is 0.142. The molecule has 0 radical (unpaired) electrons. The van der Waals surface area contributed by atoms with Crippen molar-refractivity contribution in [2.24, 2.45) is 5.92 Å². The van der Waals surface area contributed by atoms with E-state index in [4.69, 9.17) is 4.74 Å². The Balaban J connectivity index is 2.19. The van der Waals surface area contributed by atoms with E-state index in [2.05, 4.69) is 19.1 Å². The van der Waals surface area contributed by atoms with Gasteiger partial charge in [-0.2, -0.15) is 0 Å². The summed E-state index contributed by atoms with van der Waals surface area (Å²) in [5.74, 6) is 0.581. The highest BCUT2D eigenvalue weighted by molar-refractivity contribution is 5.69. The molecule has 1 fully saturated rings. The minimum Gasteiger partial charge on any atom is -0.444 e. The molecule has 2 rings (SSSR count). The topological polar surface area (TPSA) is 29.5 Å². The maximum Gasteiger partial charge on any atom is 0.410 e. The second-order valence-electron chi connectivity index (χ2n) is 6.91. The van der Waals surface area contributed by atoms with E-state index < -0.39 is 5.60 Å². The van der Waals surface area contributed by atoms with Crippen LogP contribution in [0.15, 0.2) is 30.3 Å². The molecule has 1 heterocycles. The van der Waals surface area contributed by atoms with E-state index in [1.54, 1.807) is 0 Å². The Kier molecular flexibility index (Phi) is 4.92. The van der Waals surface area contributed by atoms with E-state index in [0.29, 0.717) is 5.92 Å². The number of carbonyl (C=O) groups is 1. The van der Waals surface area contributed by atoms with Gasteiger partial charge in [-0.15, -0.1) is 0 Å². The quantitative estimate of drug-likeness (QED) is 0.783. The average Bonchev–Trinajstić information content (AvgIpc) is 2.45. The van der Waals surface area contributed by atoms with Crippen molar-refractivity contribution in [3.8, 4) is 0 Å². The van der Waals surface area contributed by atoms with Crippen LogP contribution in [-0.2, 0) is 4.74 Å². The summed E-state index contributed by atoms with van der Waals surface area (Å²) >= 11 is 0. The van der Waals surface area contributed by atoms with E-state index in [9.17, 15) is 4.79 Å². The lowest BCUT2D eigenvalue weighted by molar-refractivity contribution is 0.00219. The minimum atomic E-state index is -0.447. The fourth-order valence-corrected chi connectivity index (χ4v) is 2.92. The van der Waals surface area contributed by atoms with E-state index in [1.165, 1.54) is 12.0 Å². The molecule has 2 atom stereocenters. The number of piperidine rings is 1. The van der Waals surface area contributed by atoms with Gasteiger partial charge in [0.2, 0.25) is 0 Å². The Morgan fingerprint density at radius 3 is 2.48 bits per heavy atom. The summed E-state index contributed by atoms with van der Waals surface area (Å²) in [5.41, 5.74) is 0.759. The van der Waals surface area contributed by atoms with Crippen molar-refractivity contribution in [1.29, 1.82) is 0 Å². The standard InChI is InChI=1S/C18H27NO2/c1-5-14-11-12-16(15-9-7-6-8-10-15)19(13-14)17(20)21-18(2,3)4/h6-10,14,16H,5,11-13H2,1-4H3. The molecule has 1 amide bonds. The van der Waals surface area contributed by atoms with Crippen molar-refractivity contribution in [1.82, 2.24) is 4.90 Å². The van der Waals surface area contributed by atoms with Crippen molar-refractivity contribution >= 4 is 6.09 Å². The summed E-state index contributed by atoms with van der Waals surface area (Å²) in [5, 5.41) is 0. The first-order valence-corrected chi connectivity index (χ1v) is 7.95. The third-order valence-electron chi connectivity index (χ3n) is 4.07. The molecule has 0 bridgehead atoms. The SMILES string of the molecule is CCC1CCC(c2ccccc2)N(C(=O)OC(C)(C)C)C1. The number of benzene rings is 1. The summed E-state index contributed by atoms with van der Waals surface area (Å²) in [6, 6.07) is 10.4. The Labute approximate surface area is 128 Å². The summed E-state index contributed by atoms with van der Waals surface area (Å²) in [7, 11) is 0. The Hall–Kier alpha value is -1.51. The molecular formula is C18H27NO2. The van der Waals surface area contributed by atoms with Crippen LogP contribution in [0.1, 0.15) is 58.6 Å². The Morgan fingerprint density at radius 1 is 1.24 bits per heavy atom. The van der Waals surface area contributed by atoms with Crippen LogP contribution in [0.4, 0.5) is 4.79 Å². The lowest BCUT2D eigenvalue weighted by Crippen LogP contribution is -2.44. The number of carbonyl (C=O) groups excluding carboxylic acids is 1. The third kappa shape index (κ3) is 4.23. The second-order valence-corrected chi connectivity index (χ2v) is 6.91. The number of likely N-dealkylation sites (tertiary alicyclic amines) is 1.